The predicted octanol–water partition coefficient (Wildman–Crippen LogP) is 4.24. The molecule has 12 heteroatoms. The molecule has 0 aliphatic heterocycles. The van der Waals surface area contributed by atoms with Gasteiger partial charge in [-0.3, -0.25) is 9.69 Å². The van der Waals surface area contributed by atoms with Crippen molar-refractivity contribution in [3.8, 4) is 12.1 Å². The van der Waals surface area contributed by atoms with Crippen molar-refractivity contribution in [2.24, 2.45) is 0 Å². The number of amides is 1. The number of anilines is 1. The molecular weight excluding hydrogens is 527 g/mol. The first kappa shape index (κ1) is 29.1. The van der Waals surface area contributed by atoms with Gasteiger partial charge in [0.2, 0.25) is 10.0 Å². The number of carbonyl (C=O) groups is 1. The zero-order chi connectivity index (χ0) is 27.7. The van der Waals surface area contributed by atoms with E-state index in [2.05, 4.69) is 9.88 Å². The van der Waals surface area contributed by atoms with Gasteiger partial charge in [-0.25, -0.2) is 17.8 Å². The number of fused-ring (bicyclic) bond motifs is 1. The van der Waals surface area contributed by atoms with E-state index >= 15 is 0 Å². The summed E-state index contributed by atoms with van der Waals surface area (Å²) in [5.41, 5.74) is 0.859. The molecule has 0 bridgehead atoms. The Hall–Kier alpha value is -3.42. The maximum Gasteiger partial charge on any atom is 0.260 e. The Labute approximate surface area is 226 Å². The molecule has 38 heavy (non-hydrogen) atoms. The number of hydrogen-bond donors (Lipinski definition) is 0. The molecule has 2 aromatic carbocycles. The number of carbonyl (C=O) groups excluding carboxylic acids is 1. The second-order valence-corrected chi connectivity index (χ2v) is 11.3. The number of thiazole rings is 1. The van der Waals surface area contributed by atoms with Gasteiger partial charge in [0, 0.05) is 44.6 Å². The molecule has 0 fully saturated rings. The molecule has 0 unspecified atom stereocenters. The van der Waals surface area contributed by atoms with Gasteiger partial charge in [-0.15, -0.1) is 0 Å². The summed E-state index contributed by atoms with van der Waals surface area (Å²) in [6.07, 6.45) is -0.0103. The molecule has 0 saturated heterocycles. The van der Waals surface area contributed by atoms with E-state index in [0.717, 1.165) is 17.4 Å². The molecule has 1 aromatic heterocycles. The highest BCUT2D eigenvalue weighted by molar-refractivity contribution is 7.89. The summed E-state index contributed by atoms with van der Waals surface area (Å²) in [5, 5.41) is 18.2. The first-order valence-corrected chi connectivity index (χ1v) is 14.4. The molecule has 0 aliphatic carbocycles. The zero-order valence-corrected chi connectivity index (χ0v) is 22.9. The minimum absolute atomic E-state index is 0.00517. The van der Waals surface area contributed by atoms with Crippen molar-refractivity contribution in [2.45, 2.75) is 31.6 Å². The molecule has 1 heterocycles. The van der Waals surface area contributed by atoms with Gasteiger partial charge < -0.3 is 4.90 Å². The second-order valence-electron chi connectivity index (χ2n) is 8.34. The fraction of sp³-hybridized carbons (Fsp3) is 0.385. The van der Waals surface area contributed by atoms with Crippen LogP contribution in [-0.2, 0) is 10.0 Å². The zero-order valence-electron chi connectivity index (χ0n) is 21.3. The van der Waals surface area contributed by atoms with E-state index in [4.69, 9.17) is 10.5 Å². The first-order chi connectivity index (χ1) is 18.2. The van der Waals surface area contributed by atoms with Crippen LogP contribution in [0.2, 0.25) is 0 Å². The number of rotatable bonds is 13. The van der Waals surface area contributed by atoms with E-state index in [0.29, 0.717) is 28.4 Å². The van der Waals surface area contributed by atoms with Crippen molar-refractivity contribution < 1.29 is 17.6 Å². The number of nitrogens with zero attached hydrogens (tertiary/aromatic N) is 6. The summed E-state index contributed by atoms with van der Waals surface area (Å²) in [5.74, 6) is -0.740. The highest BCUT2D eigenvalue weighted by Crippen LogP contribution is 2.30. The molecule has 1 amide bonds. The monoisotopic (exact) mass is 556 g/mol. The molecule has 3 rings (SSSR count). The van der Waals surface area contributed by atoms with Gasteiger partial charge in [-0.1, -0.05) is 25.2 Å². The Morgan fingerprint density at radius 1 is 0.974 bits per heavy atom. The van der Waals surface area contributed by atoms with Crippen LogP contribution in [0.4, 0.5) is 9.52 Å². The van der Waals surface area contributed by atoms with E-state index < -0.39 is 10.0 Å². The van der Waals surface area contributed by atoms with Crippen molar-refractivity contribution in [1.82, 2.24) is 14.2 Å². The molecule has 200 valence electrons. The molecule has 9 nitrogen and oxygen atoms in total. The molecule has 0 saturated carbocycles. The Kier molecular flexibility index (Phi) is 10.3. The van der Waals surface area contributed by atoms with Gasteiger partial charge in [0.15, 0.2) is 5.13 Å². The largest absolute Gasteiger partial charge is 0.302 e. The molecule has 0 spiro atoms. The molecule has 0 N–H and O–H groups in total. The second kappa shape index (κ2) is 13.4. The Balaban J connectivity index is 1.91. The van der Waals surface area contributed by atoms with Crippen LogP contribution in [0.3, 0.4) is 0 Å². The van der Waals surface area contributed by atoms with E-state index in [1.54, 1.807) is 6.07 Å². The van der Waals surface area contributed by atoms with Crippen molar-refractivity contribution in [3.05, 3.63) is 53.8 Å². The van der Waals surface area contributed by atoms with E-state index in [-0.39, 0.29) is 48.1 Å². The highest BCUT2D eigenvalue weighted by Gasteiger charge is 2.26. The van der Waals surface area contributed by atoms with Gasteiger partial charge >= 0.3 is 0 Å². The summed E-state index contributed by atoms with van der Waals surface area (Å²) in [6.45, 7) is 6.57. The number of aromatic nitrogens is 1. The number of benzene rings is 2. The van der Waals surface area contributed by atoms with Crippen molar-refractivity contribution in [1.29, 1.82) is 10.5 Å². The third-order valence-corrected chi connectivity index (χ3v) is 8.99. The SMILES string of the molecule is CCN(CC)CCN(C(=O)c1ccc(S(=O)(=O)N(CCC#N)CCC#N)cc1)c1nc2ccc(F)cc2s1. The summed E-state index contributed by atoms with van der Waals surface area (Å²) in [6, 6.07) is 13.7. The molecule has 3 aromatic rings. The number of hydrogen-bond acceptors (Lipinski definition) is 8. The average molecular weight is 557 g/mol. The average Bonchev–Trinajstić information content (AvgIpc) is 3.33. The first-order valence-electron chi connectivity index (χ1n) is 12.2. The van der Waals surface area contributed by atoms with Crippen molar-refractivity contribution >= 4 is 42.6 Å². The lowest BCUT2D eigenvalue weighted by Crippen LogP contribution is -2.39. The van der Waals surface area contributed by atoms with Crippen LogP contribution in [0, 0.1) is 28.5 Å². The minimum Gasteiger partial charge on any atom is -0.302 e. The van der Waals surface area contributed by atoms with E-state index in [1.165, 1.54) is 52.6 Å². The highest BCUT2D eigenvalue weighted by atomic mass is 32.2. The summed E-state index contributed by atoms with van der Waals surface area (Å²) >= 11 is 1.22. The fourth-order valence-corrected chi connectivity index (χ4v) is 6.30. The number of halogens is 1. The topological polar surface area (TPSA) is 121 Å². The maximum atomic E-state index is 13.8. The number of sulfonamides is 1. The molecule has 0 atom stereocenters. The van der Waals surface area contributed by atoms with Crippen LogP contribution in [0.1, 0.15) is 37.0 Å². The van der Waals surface area contributed by atoms with Crippen molar-refractivity contribution in [3.63, 3.8) is 0 Å². The predicted molar refractivity (Wildman–Crippen MR) is 145 cm³/mol. The quantitative estimate of drug-likeness (QED) is 0.309. The van der Waals surface area contributed by atoms with Crippen LogP contribution in [0.25, 0.3) is 10.2 Å². The van der Waals surface area contributed by atoms with Gasteiger partial charge in [0.05, 0.1) is 27.3 Å². The summed E-state index contributed by atoms with van der Waals surface area (Å²) in [7, 11) is -3.96. The van der Waals surface area contributed by atoms with Gasteiger partial charge in [-0.05, 0) is 55.6 Å². The fourth-order valence-electron chi connectivity index (χ4n) is 3.84. The molecule has 0 radical (unpaired) electrons. The third kappa shape index (κ3) is 6.91. The maximum absolute atomic E-state index is 13.8. The summed E-state index contributed by atoms with van der Waals surface area (Å²) < 4.78 is 41.7. The standard InChI is InChI=1S/C26H29FN6O3S2/c1-3-31(4-2)17-18-33(26-30-23-12-9-21(27)19-24(23)37-26)25(34)20-7-10-22(11-8-20)38(35,36)32(15-5-13-28)16-6-14-29/h7-12,19H,3-6,15-18H2,1-2H3. The summed E-state index contributed by atoms with van der Waals surface area (Å²) in [4.78, 5) is 21.8. The van der Waals surface area contributed by atoms with Gasteiger partial charge in [0.1, 0.15) is 5.82 Å². The van der Waals surface area contributed by atoms with Crippen molar-refractivity contribution in [2.75, 3.05) is 44.2 Å². The lowest BCUT2D eigenvalue weighted by Gasteiger charge is -2.25. The number of likely N-dealkylation sites (N-methyl/N-ethyl adjacent to an activating group) is 1. The van der Waals surface area contributed by atoms with E-state index in [9.17, 15) is 17.6 Å². The Bertz CT molecular complexity index is 1420. The Morgan fingerprint density at radius 2 is 1.61 bits per heavy atom. The lowest BCUT2D eigenvalue weighted by molar-refractivity contribution is 0.0983. The smallest absolute Gasteiger partial charge is 0.260 e. The lowest BCUT2D eigenvalue weighted by atomic mass is 10.2. The van der Waals surface area contributed by atoms with Gasteiger partial charge in [-0.2, -0.15) is 14.8 Å². The van der Waals surface area contributed by atoms with E-state index in [1.807, 2.05) is 26.0 Å². The van der Waals surface area contributed by atoms with Gasteiger partial charge in [0.25, 0.3) is 5.91 Å². The third-order valence-electron chi connectivity index (χ3n) is 6.03. The molecular formula is C26H29FN6O3S2. The normalized spacial score (nSPS) is 11.6. The van der Waals surface area contributed by atoms with Crippen LogP contribution < -0.4 is 4.90 Å². The van der Waals surface area contributed by atoms with Crippen LogP contribution in [0.5, 0.6) is 0 Å². The number of nitriles is 2. The van der Waals surface area contributed by atoms with Crippen LogP contribution in [0.15, 0.2) is 47.4 Å². The minimum atomic E-state index is -3.96. The van der Waals surface area contributed by atoms with Crippen LogP contribution >= 0.6 is 11.3 Å². The van der Waals surface area contributed by atoms with Crippen LogP contribution in [-0.4, -0.2) is 67.8 Å². The molecule has 0 aliphatic rings. The Morgan fingerprint density at radius 3 is 2.18 bits per heavy atom.